The van der Waals surface area contributed by atoms with Crippen LogP contribution in [0.25, 0.3) is 0 Å². The number of anilines is 3. The molecule has 5 N–H and O–H groups in total. The van der Waals surface area contributed by atoms with Gasteiger partial charge in [0.25, 0.3) is 5.91 Å². The number of nitrogens with one attached hydrogen (secondary N) is 3. The molecule has 9 rings (SSSR count). The highest BCUT2D eigenvalue weighted by atomic mass is 32.2. The normalized spacial score (nSPS) is 20.5. The molecular formula is C49H59F3N12O4S. The van der Waals surface area contributed by atoms with Gasteiger partial charge in [-0.25, -0.2) is 9.97 Å². The van der Waals surface area contributed by atoms with Crippen LogP contribution in [0.4, 0.5) is 30.5 Å². The minimum absolute atomic E-state index is 0.00173. The minimum Gasteiger partial charge on any atom is -0.355 e. The molecule has 7 heterocycles. The van der Waals surface area contributed by atoms with Crippen LogP contribution in [0.15, 0.2) is 76.9 Å². The largest absolute Gasteiger partial charge is 0.409 e. The van der Waals surface area contributed by atoms with Crippen LogP contribution in [-0.2, 0) is 27.5 Å². The van der Waals surface area contributed by atoms with E-state index in [2.05, 4.69) is 57.7 Å². The number of unbranched alkanes of at least 4 members (excludes halogenated alkanes) is 3. The fraction of sp³-hybridized carbons (Fsp3) is 0.510. The predicted octanol–water partition coefficient (Wildman–Crippen LogP) is 5.99. The van der Waals surface area contributed by atoms with Crippen molar-refractivity contribution in [3.63, 3.8) is 0 Å². The van der Waals surface area contributed by atoms with Gasteiger partial charge in [-0.1, -0.05) is 42.8 Å². The summed E-state index contributed by atoms with van der Waals surface area (Å²) < 4.78 is 43.2. The number of nitrogens with two attached hydrogens (primary N) is 1. The maximum absolute atomic E-state index is 14.4. The molecule has 4 fully saturated rings. The Balaban J connectivity index is 0.661. The molecule has 2 unspecified atom stereocenters. The van der Waals surface area contributed by atoms with Gasteiger partial charge >= 0.3 is 6.18 Å². The van der Waals surface area contributed by atoms with Gasteiger partial charge in [0.15, 0.2) is 5.82 Å². The first-order valence-electron chi connectivity index (χ1n) is 23.9. The molecule has 4 saturated heterocycles. The summed E-state index contributed by atoms with van der Waals surface area (Å²) in [6, 6.07) is 12.8. The van der Waals surface area contributed by atoms with Crippen molar-refractivity contribution in [1.82, 2.24) is 40.6 Å². The number of fused-ring (bicyclic) bond motifs is 1. The lowest BCUT2D eigenvalue weighted by Gasteiger charge is -2.48. The lowest BCUT2D eigenvalue weighted by atomic mass is 9.79. The molecule has 5 aliphatic heterocycles. The second-order valence-corrected chi connectivity index (χ2v) is 20.7. The number of carbonyl (C=O) groups is 4. The summed E-state index contributed by atoms with van der Waals surface area (Å²) in [6.07, 6.45) is 6.45. The van der Waals surface area contributed by atoms with Gasteiger partial charge in [-0.3, -0.25) is 29.8 Å². The van der Waals surface area contributed by atoms with Crippen molar-refractivity contribution in [2.24, 2.45) is 11.1 Å². The third-order valence-electron chi connectivity index (χ3n) is 14.1. The Bertz CT molecular complexity index is 2510. The van der Waals surface area contributed by atoms with Crippen LogP contribution in [0.5, 0.6) is 0 Å². The van der Waals surface area contributed by atoms with E-state index in [-0.39, 0.29) is 60.3 Å². The second kappa shape index (κ2) is 20.3. The summed E-state index contributed by atoms with van der Waals surface area (Å²) in [6.45, 7) is 8.26. The van der Waals surface area contributed by atoms with Crippen molar-refractivity contribution in [3.8, 4) is 0 Å². The molecule has 4 aromatic rings. The summed E-state index contributed by atoms with van der Waals surface area (Å²) in [5, 5.41) is 17.0. The highest BCUT2D eigenvalue weighted by molar-refractivity contribution is 7.99. The van der Waals surface area contributed by atoms with Gasteiger partial charge in [-0.15, -0.1) is 5.10 Å². The summed E-state index contributed by atoms with van der Waals surface area (Å²) in [5.41, 5.74) is 8.34. The molecule has 69 heavy (non-hydrogen) atoms. The van der Waals surface area contributed by atoms with Crippen LogP contribution >= 0.6 is 11.8 Å². The Hall–Kier alpha value is -5.70. The Morgan fingerprint density at radius 2 is 1.71 bits per heavy atom. The van der Waals surface area contributed by atoms with E-state index in [4.69, 9.17) is 5.73 Å². The molecule has 366 valence electrons. The standard InChI is InChI=1S/C49H59F3N12O4S/c1-47(53)16-20-62(21-17-47)40-26-55-43(27-54-40)69-35-8-6-7-34(24-35)57-41(65)9-4-2-3-5-19-61-29-48(30-61)18-22-63(31-48)39-14-12-37(59-60-39)44(49(50,51)52)56-25-32-10-11-36-33(23-32)28-64(46(36)68)38-13-15-42(66)58-45(38)67/h6-8,10-12,14,23-24,26-27,38,44,56H,2-5,9,13,15-22,25,28-31,53H2,1H3,(H,57,65)(H,58,66,67). The maximum Gasteiger partial charge on any atom is 0.409 e. The number of imide groups is 1. The van der Waals surface area contributed by atoms with Gasteiger partial charge < -0.3 is 30.7 Å². The number of likely N-dealkylation sites (tertiary alicyclic amines) is 1. The number of amides is 4. The van der Waals surface area contributed by atoms with E-state index in [1.54, 1.807) is 30.5 Å². The fourth-order valence-electron chi connectivity index (χ4n) is 10.2. The minimum atomic E-state index is -4.64. The maximum atomic E-state index is 14.4. The van der Waals surface area contributed by atoms with Crippen molar-refractivity contribution in [2.45, 2.75) is 118 Å². The summed E-state index contributed by atoms with van der Waals surface area (Å²) in [7, 11) is 0. The molecule has 2 aromatic carbocycles. The van der Waals surface area contributed by atoms with Gasteiger partial charge in [0, 0.05) is 92.3 Å². The molecular weight excluding hydrogens is 910 g/mol. The average Bonchev–Trinajstić information content (AvgIpc) is 3.89. The third-order valence-corrected chi connectivity index (χ3v) is 15.0. The Morgan fingerprint density at radius 3 is 2.45 bits per heavy atom. The quantitative estimate of drug-likeness (QED) is 0.0712. The van der Waals surface area contributed by atoms with E-state index in [1.807, 2.05) is 30.5 Å². The van der Waals surface area contributed by atoms with E-state index in [9.17, 15) is 32.3 Å². The average molecular weight is 969 g/mol. The Morgan fingerprint density at radius 1 is 0.913 bits per heavy atom. The number of carbonyl (C=O) groups excluding carboxylic acids is 4. The number of aromatic nitrogens is 4. The van der Waals surface area contributed by atoms with Crippen molar-refractivity contribution >= 4 is 52.7 Å². The van der Waals surface area contributed by atoms with E-state index in [1.165, 1.54) is 22.7 Å². The zero-order valence-corrected chi connectivity index (χ0v) is 39.6. The highest BCUT2D eigenvalue weighted by Gasteiger charge is 2.48. The van der Waals surface area contributed by atoms with Crippen molar-refractivity contribution in [3.05, 3.63) is 89.4 Å². The molecule has 0 aliphatic carbocycles. The first-order valence-corrected chi connectivity index (χ1v) is 24.7. The lowest BCUT2D eigenvalue weighted by molar-refractivity contribution is -0.159. The molecule has 2 atom stereocenters. The number of hydrogen-bond donors (Lipinski definition) is 4. The van der Waals surface area contributed by atoms with Crippen LogP contribution in [0, 0.1) is 5.41 Å². The zero-order chi connectivity index (χ0) is 48.3. The van der Waals surface area contributed by atoms with E-state index < -0.39 is 24.2 Å². The van der Waals surface area contributed by atoms with Crippen molar-refractivity contribution < 1.29 is 32.3 Å². The molecule has 20 heteroatoms. The van der Waals surface area contributed by atoms with E-state index in [0.29, 0.717) is 28.9 Å². The first-order chi connectivity index (χ1) is 33.1. The molecule has 16 nitrogen and oxygen atoms in total. The van der Waals surface area contributed by atoms with Gasteiger partial charge in [0.2, 0.25) is 17.7 Å². The smallest absolute Gasteiger partial charge is 0.355 e. The summed E-state index contributed by atoms with van der Waals surface area (Å²) >= 11 is 1.51. The lowest BCUT2D eigenvalue weighted by Crippen LogP contribution is -2.57. The number of rotatable bonds is 17. The van der Waals surface area contributed by atoms with E-state index >= 15 is 0 Å². The second-order valence-electron chi connectivity index (χ2n) is 19.6. The monoisotopic (exact) mass is 968 g/mol. The molecule has 0 bridgehead atoms. The van der Waals surface area contributed by atoms with Crippen LogP contribution in [0.3, 0.4) is 0 Å². The first kappa shape index (κ1) is 48.3. The summed E-state index contributed by atoms with van der Waals surface area (Å²) in [5.74, 6) is 0.161. The number of hydrogen-bond acceptors (Lipinski definition) is 14. The molecule has 2 aromatic heterocycles. The fourth-order valence-corrected chi connectivity index (χ4v) is 11.0. The van der Waals surface area contributed by atoms with Crippen molar-refractivity contribution in [1.29, 1.82) is 0 Å². The van der Waals surface area contributed by atoms with Crippen molar-refractivity contribution in [2.75, 3.05) is 60.9 Å². The molecule has 5 aliphatic rings. The Labute approximate surface area is 403 Å². The Kier molecular flexibility index (Phi) is 14.2. The zero-order valence-electron chi connectivity index (χ0n) is 38.8. The van der Waals surface area contributed by atoms with Gasteiger partial charge in [-0.2, -0.15) is 18.3 Å². The van der Waals surface area contributed by atoms with Gasteiger partial charge in [-0.05, 0) is 99.5 Å². The van der Waals surface area contributed by atoms with Gasteiger partial charge in [0.05, 0.1) is 18.1 Å². The van der Waals surface area contributed by atoms with Crippen LogP contribution in [0.1, 0.15) is 104 Å². The number of alkyl halides is 3. The summed E-state index contributed by atoms with van der Waals surface area (Å²) in [4.78, 5) is 68.3. The molecule has 1 spiro atoms. The van der Waals surface area contributed by atoms with Crippen LogP contribution in [0.2, 0.25) is 0 Å². The third kappa shape index (κ3) is 11.7. The van der Waals surface area contributed by atoms with E-state index in [0.717, 1.165) is 112 Å². The predicted molar refractivity (Wildman–Crippen MR) is 254 cm³/mol. The number of halogens is 3. The highest BCUT2D eigenvalue weighted by Crippen LogP contribution is 2.41. The SMILES string of the molecule is CC1(N)CCN(c2cnc(Sc3cccc(NC(=O)CCCCCCN4CC5(CCN(c6ccc(C(NCc7ccc8c(c7)CN(C7CCC(=O)NC7=O)C8=O)C(F)(F)F)nn6)C5)C4)c3)cn2)CC1. The molecule has 4 amide bonds. The van der Waals surface area contributed by atoms with Crippen LogP contribution in [-0.4, -0.2) is 117 Å². The van der Waals surface area contributed by atoms with Crippen LogP contribution < -0.4 is 31.5 Å². The number of benzene rings is 2. The van der Waals surface area contributed by atoms with Gasteiger partial charge in [0.1, 0.15) is 22.9 Å². The topological polar surface area (TPSA) is 195 Å². The molecule has 0 radical (unpaired) electrons. The molecule has 0 saturated carbocycles. The number of nitrogens with zero attached hydrogens (tertiary/aromatic N) is 8. The number of piperidine rings is 2.